The minimum atomic E-state index is -3.26. The first kappa shape index (κ1) is 22.9. The second-order valence-electron chi connectivity index (χ2n) is 8.79. The molecule has 0 N–H and O–H groups in total. The van der Waals surface area contributed by atoms with Gasteiger partial charge in [-0.2, -0.15) is 0 Å². The molecule has 1 saturated heterocycles. The van der Waals surface area contributed by atoms with Gasteiger partial charge in [0, 0.05) is 48.8 Å². The maximum absolute atomic E-state index is 13.3. The standard InChI is InChI=1S/C23H27ClN4O3S/c1-15(2)27-8-6-19(7-9-27)28-14-26-21-5-4-16(11-20(21)23(28)29)17-10-18(13-32(3,30)31)22(24)25-12-17/h4-5,10-12,14-15,19H,6-9,13H2,1-3H3. The molecule has 1 aliphatic heterocycles. The number of halogens is 1. The molecule has 170 valence electrons. The molecule has 0 radical (unpaired) electrons. The van der Waals surface area contributed by atoms with Gasteiger partial charge in [0.25, 0.3) is 5.56 Å². The summed E-state index contributed by atoms with van der Waals surface area (Å²) in [5.41, 5.74) is 2.48. The van der Waals surface area contributed by atoms with Crippen LogP contribution in [0.1, 0.15) is 38.3 Å². The van der Waals surface area contributed by atoms with Crippen molar-refractivity contribution in [3.63, 3.8) is 0 Å². The lowest BCUT2D eigenvalue weighted by molar-refractivity contribution is 0.150. The van der Waals surface area contributed by atoms with E-state index in [1.807, 2.05) is 12.1 Å². The first-order valence-corrected chi connectivity index (χ1v) is 13.1. The average molecular weight is 475 g/mol. The van der Waals surface area contributed by atoms with Crippen molar-refractivity contribution in [3.05, 3.63) is 57.9 Å². The van der Waals surface area contributed by atoms with E-state index in [9.17, 15) is 13.2 Å². The lowest BCUT2D eigenvalue weighted by atomic mass is 10.0. The molecule has 0 amide bonds. The molecule has 0 bridgehead atoms. The SMILES string of the molecule is CC(C)N1CCC(n2cnc3ccc(-c4cnc(Cl)c(CS(C)(=O)=O)c4)cc3c2=O)CC1. The second-order valence-corrected chi connectivity index (χ2v) is 11.3. The molecule has 0 unspecified atom stereocenters. The van der Waals surface area contributed by atoms with Gasteiger partial charge in [-0.3, -0.25) is 9.36 Å². The highest BCUT2D eigenvalue weighted by Gasteiger charge is 2.23. The topological polar surface area (TPSA) is 85.2 Å². The predicted octanol–water partition coefficient (Wildman–Crippen LogP) is 3.70. The van der Waals surface area contributed by atoms with Crippen molar-refractivity contribution in [3.8, 4) is 11.1 Å². The van der Waals surface area contributed by atoms with E-state index in [2.05, 4.69) is 28.7 Å². The largest absolute Gasteiger partial charge is 0.301 e. The second kappa shape index (κ2) is 8.92. The molecule has 0 atom stereocenters. The number of rotatable bonds is 5. The molecule has 9 heteroatoms. The van der Waals surface area contributed by atoms with Crippen LogP contribution in [0.3, 0.4) is 0 Å². The van der Waals surface area contributed by atoms with Crippen LogP contribution in [0.2, 0.25) is 5.15 Å². The minimum absolute atomic E-state index is 0.0573. The Morgan fingerprint density at radius 2 is 1.84 bits per heavy atom. The summed E-state index contributed by atoms with van der Waals surface area (Å²) < 4.78 is 25.2. The maximum atomic E-state index is 13.3. The zero-order valence-corrected chi connectivity index (χ0v) is 20.0. The third-order valence-corrected chi connectivity index (χ3v) is 7.24. The Morgan fingerprint density at radius 1 is 1.12 bits per heavy atom. The Hall–Kier alpha value is -2.29. The number of fused-ring (bicyclic) bond motifs is 1. The van der Waals surface area contributed by atoms with Crippen molar-refractivity contribution in [2.75, 3.05) is 19.3 Å². The monoisotopic (exact) mass is 474 g/mol. The highest BCUT2D eigenvalue weighted by molar-refractivity contribution is 7.89. The van der Waals surface area contributed by atoms with Crippen molar-refractivity contribution in [2.45, 2.75) is 44.5 Å². The molecular formula is C23H27ClN4O3S. The Balaban J connectivity index is 1.70. The summed E-state index contributed by atoms with van der Waals surface area (Å²) in [4.78, 5) is 24.4. The van der Waals surface area contributed by atoms with Crippen LogP contribution < -0.4 is 5.56 Å². The number of hydrogen-bond donors (Lipinski definition) is 0. The van der Waals surface area contributed by atoms with Crippen molar-refractivity contribution >= 4 is 32.3 Å². The summed E-state index contributed by atoms with van der Waals surface area (Å²) in [6, 6.07) is 7.83. The van der Waals surface area contributed by atoms with Gasteiger partial charge in [-0.1, -0.05) is 17.7 Å². The van der Waals surface area contributed by atoms with Gasteiger partial charge in [0.05, 0.1) is 23.0 Å². The van der Waals surface area contributed by atoms with E-state index in [4.69, 9.17) is 11.6 Å². The van der Waals surface area contributed by atoms with E-state index in [1.54, 1.807) is 29.2 Å². The molecule has 3 heterocycles. The number of nitrogens with zero attached hydrogens (tertiary/aromatic N) is 4. The van der Waals surface area contributed by atoms with Gasteiger partial charge in [0.15, 0.2) is 9.84 Å². The van der Waals surface area contributed by atoms with Crippen molar-refractivity contribution in [1.29, 1.82) is 0 Å². The van der Waals surface area contributed by atoms with E-state index >= 15 is 0 Å². The molecule has 32 heavy (non-hydrogen) atoms. The van der Waals surface area contributed by atoms with E-state index in [1.165, 1.54) is 0 Å². The number of pyridine rings is 1. The summed E-state index contributed by atoms with van der Waals surface area (Å²) in [6.45, 7) is 6.32. The molecule has 2 aromatic heterocycles. The predicted molar refractivity (Wildman–Crippen MR) is 128 cm³/mol. The van der Waals surface area contributed by atoms with Crippen LogP contribution in [0, 0.1) is 0 Å². The average Bonchev–Trinajstić information content (AvgIpc) is 2.74. The van der Waals surface area contributed by atoms with Crippen LogP contribution in [0.5, 0.6) is 0 Å². The quantitative estimate of drug-likeness (QED) is 0.524. The van der Waals surface area contributed by atoms with Crippen LogP contribution in [0.4, 0.5) is 0 Å². The summed E-state index contributed by atoms with van der Waals surface area (Å²) in [5.74, 6) is -0.191. The number of likely N-dealkylation sites (tertiary alicyclic amines) is 1. The molecule has 1 aromatic carbocycles. The zero-order valence-electron chi connectivity index (χ0n) is 18.5. The molecule has 1 aliphatic rings. The molecule has 3 aromatic rings. The highest BCUT2D eigenvalue weighted by Crippen LogP contribution is 2.27. The summed E-state index contributed by atoms with van der Waals surface area (Å²) in [7, 11) is -3.26. The van der Waals surface area contributed by atoms with Crippen molar-refractivity contribution in [1.82, 2.24) is 19.4 Å². The maximum Gasteiger partial charge on any atom is 0.261 e. The van der Waals surface area contributed by atoms with Gasteiger partial charge in [0.1, 0.15) is 5.15 Å². The molecule has 0 saturated carbocycles. The number of piperidine rings is 1. The molecule has 4 rings (SSSR count). The third-order valence-electron chi connectivity index (χ3n) is 6.07. The number of aromatic nitrogens is 3. The van der Waals surface area contributed by atoms with Crippen molar-refractivity contribution in [2.24, 2.45) is 0 Å². The minimum Gasteiger partial charge on any atom is -0.301 e. The van der Waals surface area contributed by atoms with Gasteiger partial charge < -0.3 is 4.90 Å². The number of benzene rings is 1. The van der Waals surface area contributed by atoms with Gasteiger partial charge in [-0.25, -0.2) is 18.4 Å². The number of hydrogen-bond acceptors (Lipinski definition) is 6. The summed E-state index contributed by atoms with van der Waals surface area (Å²) in [5, 5.41) is 0.702. The van der Waals surface area contributed by atoms with Gasteiger partial charge in [-0.15, -0.1) is 0 Å². The van der Waals surface area contributed by atoms with E-state index in [0.717, 1.165) is 37.8 Å². The van der Waals surface area contributed by atoms with Crippen LogP contribution in [-0.4, -0.2) is 53.2 Å². The fraction of sp³-hybridized carbons (Fsp3) is 0.435. The normalized spacial score (nSPS) is 16.2. The van der Waals surface area contributed by atoms with E-state index < -0.39 is 9.84 Å². The van der Waals surface area contributed by atoms with Gasteiger partial charge >= 0.3 is 0 Å². The third kappa shape index (κ3) is 4.87. The molecule has 0 spiro atoms. The lowest BCUT2D eigenvalue weighted by Gasteiger charge is -2.35. The zero-order chi connectivity index (χ0) is 23.0. The fourth-order valence-electron chi connectivity index (χ4n) is 4.29. The fourth-order valence-corrected chi connectivity index (χ4v) is 5.33. The molecular weight excluding hydrogens is 448 g/mol. The highest BCUT2D eigenvalue weighted by atomic mass is 35.5. The molecule has 7 nitrogen and oxygen atoms in total. The summed E-state index contributed by atoms with van der Waals surface area (Å²) >= 11 is 6.10. The van der Waals surface area contributed by atoms with Crippen LogP contribution in [0.25, 0.3) is 22.0 Å². The Kier molecular flexibility index (Phi) is 6.38. The Bertz CT molecular complexity index is 1310. The van der Waals surface area contributed by atoms with E-state index in [-0.39, 0.29) is 22.5 Å². The van der Waals surface area contributed by atoms with Crippen LogP contribution in [-0.2, 0) is 15.6 Å². The smallest absolute Gasteiger partial charge is 0.261 e. The molecule has 1 fully saturated rings. The Labute approximate surface area is 193 Å². The Morgan fingerprint density at radius 3 is 2.50 bits per heavy atom. The van der Waals surface area contributed by atoms with E-state index in [0.29, 0.717) is 28.1 Å². The molecule has 0 aliphatic carbocycles. The summed E-state index contributed by atoms with van der Waals surface area (Å²) in [6.07, 6.45) is 6.24. The first-order chi connectivity index (χ1) is 15.1. The lowest BCUT2D eigenvalue weighted by Crippen LogP contribution is -2.40. The first-order valence-electron chi connectivity index (χ1n) is 10.7. The van der Waals surface area contributed by atoms with Gasteiger partial charge in [-0.05, 0) is 50.5 Å². The number of sulfone groups is 1. The van der Waals surface area contributed by atoms with Crippen LogP contribution >= 0.6 is 11.6 Å². The van der Waals surface area contributed by atoms with Gasteiger partial charge in [0.2, 0.25) is 0 Å². The van der Waals surface area contributed by atoms with Crippen molar-refractivity contribution < 1.29 is 8.42 Å². The van der Waals surface area contributed by atoms with Crippen LogP contribution in [0.15, 0.2) is 41.6 Å².